The van der Waals surface area contributed by atoms with Gasteiger partial charge < -0.3 is 9.84 Å². The summed E-state index contributed by atoms with van der Waals surface area (Å²) in [5.41, 5.74) is 2.33. The topological polar surface area (TPSA) is 84.2 Å². The van der Waals surface area contributed by atoms with Gasteiger partial charge in [-0.3, -0.25) is 19.7 Å². The molecule has 1 amide bonds. The van der Waals surface area contributed by atoms with Crippen LogP contribution in [0.4, 0.5) is 0 Å². The molecule has 0 radical (unpaired) electrons. The van der Waals surface area contributed by atoms with Crippen LogP contribution in [-0.4, -0.2) is 39.0 Å². The number of nitrogens with zero attached hydrogens (tertiary/aromatic N) is 4. The lowest BCUT2D eigenvalue weighted by atomic mass is 10.2. The highest BCUT2D eigenvalue weighted by Crippen LogP contribution is 2.10. The SMILES string of the molecule is C[C@H](Cc1cnccn1)NC(=O)c1cc(CN(C)Cc2ccccc2)on1. The number of rotatable bonds is 8. The molecule has 0 aliphatic carbocycles. The van der Waals surface area contributed by atoms with Crippen molar-refractivity contribution in [1.29, 1.82) is 0 Å². The first kappa shape index (κ1) is 18.7. The number of amides is 1. The third-order valence-corrected chi connectivity index (χ3v) is 4.02. The van der Waals surface area contributed by atoms with Crippen molar-refractivity contribution >= 4 is 5.91 Å². The van der Waals surface area contributed by atoms with Gasteiger partial charge in [0.1, 0.15) is 0 Å². The van der Waals surface area contributed by atoms with E-state index >= 15 is 0 Å². The minimum atomic E-state index is -0.257. The quantitative estimate of drug-likeness (QED) is 0.660. The summed E-state index contributed by atoms with van der Waals surface area (Å²) in [6.07, 6.45) is 5.56. The molecule has 2 heterocycles. The number of carbonyl (C=O) groups is 1. The Bertz CT molecular complexity index is 851. The number of carbonyl (C=O) groups excluding carboxylic acids is 1. The standard InChI is InChI=1S/C20H23N5O2/c1-15(10-17-12-21-8-9-22-17)23-20(26)19-11-18(27-24-19)14-25(2)13-16-6-4-3-5-7-16/h3-9,11-12,15H,10,13-14H2,1-2H3,(H,23,26)/t15-/m1/s1. The third kappa shape index (κ3) is 5.72. The number of nitrogens with one attached hydrogen (secondary N) is 1. The van der Waals surface area contributed by atoms with E-state index in [2.05, 4.69) is 37.5 Å². The normalized spacial score (nSPS) is 12.1. The van der Waals surface area contributed by atoms with Crippen LogP contribution < -0.4 is 5.32 Å². The van der Waals surface area contributed by atoms with Crippen LogP contribution in [0.5, 0.6) is 0 Å². The van der Waals surface area contributed by atoms with Crippen molar-refractivity contribution < 1.29 is 9.32 Å². The monoisotopic (exact) mass is 365 g/mol. The van der Waals surface area contributed by atoms with E-state index in [0.29, 0.717) is 18.7 Å². The summed E-state index contributed by atoms with van der Waals surface area (Å²) in [5.74, 6) is 0.396. The molecule has 0 fully saturated rings. The second kappa shape index (κ2) is 9.05. The zero-order valence-electron chi connectivity index (χ0n) is 15.5. The van der Waals surface area contributed by atoms with Gasteiger partial charge >= 0.3 is 0 Å². The second-order valence-corrected chi connectivity index (χ2v) is 6.61. The van der Waals surface area contributed by atoms with E-state index in [4.69, 9.17) is 4.52 Å². The largest absolute Gasteiger partial charge is 0.359 e. The Labute approximate surface area is 158 Å². The molecule has 3 rings (SSSR count). The molecule has 1 N–H and O–H groups in total. The van der Waals surface area contributed by atoms with E-state index in [1.54, 1.807) is 24.7 Å². The summed E-state index contributed by atoms with van der Waals surface area (Å²) in [5, 5.41) is 6.80. The molecule has 0 bridgehead atoms. The van der Waals surface area contributed by atoms with Crippen LogP contribution in [0, 0.1) is 0 Å². The number of hydrogen-bond donors (Lipinski definition) is 1. The van der Waals surface area contributed by atoms with Gasteiger partial charge in [0.25, 0.3) is 5.91 Å². The highest BCUT2D eigenvalue weighted by atomic mass is 16.5. The van der Waals surface area contributed by atoms with Crippen LogP contribution >= 0.6 is 0 Å². The van der Waals surface area contributed by atoms with Crippen LogP contribution in [0.3, 0.4) is 0 Å². The highest BCUT2D eigenvalue weighted by molar-refractivity contribution is 5.92. The minimum Gasteiger partial charge on any atom is -0.359 e. The molecular formula is C20H23N5O2. The van der Waals surface area contributed by atoms with Crippen molar-refractivity contribution in [2.24, 2.45) is 0 Å². The van der Waals surface area contributed by atoms with E-state index < -0.39 is 0 Å². The number of hydrogen-bond acceptors (Lipinski definition) is 6. The summed E-state index contributed by atoms with van der Waals surface area (Å²) < 4.78 is 5.32. The summed E-state index contributed by atoms with van der Waals surface area (Å²) in [7, 11) is 2.00. The molecule has 0 saturated heterocycles. The van der Waals surface area contributed by atoms with E-state index in [9.17, 15) is 4.79 Å². The highest BCUT2D eigenvalue weighted by Gasteiger charge is 2.16. The Morgan fingerprint density at radius 3 is 2.78 bits per heavy atom. The third-order valence-electron chi connectivity index (χ3n) is 4.02. The van der Waals surface area contributed by atoms with Gasteiger partial charge in [-0.25, -0.2) is 0 Å². The lowest BCUT2D eigenvalue weighted by molar-refractivity contribution is 0.0930. The molecule has 0 aliphatic heterocycles. The van der Waals surface area contributed by atoms with Gasteiger partial charge in [0.05, 0.1) is 12.2 Å². The fourth-order valence-corrected chi connectivity index (χ4v) is 2.81. The maximum atomic E-state index is 12.4. The van der Waals surface area contributed by atoms with E-state index in [1.165, 1.54) is 5.56 Å². The average molecular weight is 365 g/mol. The van der Waals surface area contributed by atoms with Gasteiger partial charge in [0.15, 0.2) is 11.5 Å². The maximum Gasteiger partial charge on any atom is 0.273 e. The van der Waals surface area contributed by atoms with Crippen LogP contribution in [0.2, 0.25) is 0 Å². The van der Waals surface area contributed by atoms with Crippen molar-refractivity contribution in [3.63, 3.8) is 0 Å². The van der Waals surface area contributed by atoms with Crippen molar-refractivity contribution in [2.75, 3.05) is 7.05 Å². The minimum absolute atomic E-state index is 0.0879. The molecule has 27 heavy (non-hydrogen) atoms. The Morgan fingerprint density at radius 1 is 1.22 bits per heavy atom. The second-order valence-electron chi connectivity index (χ2n) is 6.61. The van der Waals surface area contributed by atoms with Gasteiger partial charge in [-0.05, 0) is 19.5 Å². The first-order valence-electron chi connectivity index (χ1n) is 8.84. The molecule has 0 aliphatic rings. The first-order chi connectivity index (χ1) is 13.1. The fourth-order valence-electron chi connectivity index (χ4n) is 2.81. The summed E-state index contributed by atoms with van der Waals surface area (Å²) in [6.45, 7) is 3.28. The van der Waals surface area contributed by atoms with Crippen LogP contribution in [0.25, 0.3) is 0 Å². The summed E-state index contributed by atoms with van der Waals surface area (Å²) >= 11 is 0. The van der Waals surface area contributed by atoms with E-state index in [0.717, 1.165) is 12.2 Å². The van der Waals surface area contributed by atoms with Gasteiger partial charge in [0.2, 0.25) is 0 Å². The van der Waals surface area contributed by atoms with E-state index in [-0.39, 0.29) is 17.6 Å². The van der Waals surface area contributed by atoms with Gasteiger partial charge in [-0.1, -0.05) is 35.5 Å². The van der Waals surface area contributed by atoms with Crippen LogP contribution in [0.1, 0.15) is 34.4 Å². The first-order valence-corrected chi connectivity index (χ1v) is 8.84. The number of benzene rings is 1. The Kier molecular flexibility index (Phi) is 6.27. The molecule has 7 nitrogen and oxygen atoms in total. The Balaban J connectivity index is 1.51. The molecule has 2 aromatic heterocycles. The van der Waals surface area contributed by atoms with Gasteiger partial charge in [0, 0.05) is 43.7 Å². The molecule has 0 unspecified atom stereocenters. The smallest absolute Gasteiger partial charge is 0.273 e. The zero-order valence-corrected chi connectivity index (χ0v) is 15.5. The molecule has 0 spiro atoms. The van der Waals surface area contributed by atoms with Crippen LogP contribution in [0.15, 0.2) is 59.5 Å². The number of aromatic nitrogens is 3. The maximum absolute atomic E-state index is 12.4. The lowest BCUT2D eigenvalue weighted by Gasteiger charge is -2.14. The van der Waals surface area contributed by atoms with Crippen LogP contribution in [-0.2, 0) is 19.5 Å². The molecule has 1 atom stereocenters. The Hall–Kier alpha value is -3.06. The van der Waals surface area contributed by atoms with Crippen molar-refractivity contribution in [1.82, 2.24) is 25.3 Å². The van der Waals surface area contributed by atoms with Crippen molar-refractivity contribution in [3.8, 4) is 0 Å². The van der Waals surface area contributed by atoms with Gasteiger partial charge in [-0.15, -0.1) is 0 Å². The molecule has 0 saturated carbocycles. The van der Waals surface area contributed by atoms with Crippen molar-refractivity contribution in [2.45, 2.75) is 32.5 Å². The van der Waals surface area contributed by atoms with E-state index in [1.807, 2.05) is 32.2 Å². The summed E-state index contributed by atoms with van der Waals surface area (Å²) in [4.78, 5) is 22.7. The molecule has 1 aromatic carbocycles. The summed E-state index contributed by atoms with van der Waals surface area (Å²) in [6, 6.07) is 11.8. The molecular weight excluding hydrogens is 342 g/mol. The average Bonchev–Trinajstić information content (AvgIpc) is 3.11. The van der Waals surface area contributed by atoms with Gasteiger partial charge in [-0.2, -0.15) is 0 Å². The Morgan fingerprint density at radius 2 is 2.04 bits per heavy atom. The zero-order chi connectivity index (χ0) is 19.1. The molecule has 140 valence electrons. The fraction of sp³-hybridized carbons (Fsp3) is 0.300. The predicted octanol–water partition coefficient (Wildman–Crippen LogP) is 2.46. The predicted molar refractivity (Wildman–Crippen MR) is 101 cm³/mol. The lowest BCUT2D eigenvalue weighted by Crippen LogP contribution is -2.34. The van der Waals surface area contributed by atoms with Crippen molar-refractivity contribution in [3.05, 3.63) is 77.7 Å². The molecule has 7 heteroatoms. The molecule has 3 aromatic rings.